The van der Waals surface area contributed by atoms with Crippen LogP contribution in [0, 0.1) is 35.5 Å². The van der Waals surface area contributed by atoms with Crippen molar-refractivity contribution < 1.29 is 67.5 Å². The third-order valence-electron chi connectivity index (χ3n) is 14.9. The number of allylic oxidation sites excluding steroid dienone is 6. The van der Waals surface area contributed by atoms with Crippen LogP contribution in [0.5, 0.6) is 0 Å². The minimum absolute atomic E-state index is 0.0193. The Morgan fingerprint density at radius 3 is 2.19 bits per heavy atom. The number of nitrogens with zero attached hydrogens (tertiary/aromatic N) is 1. The Bertz CT molecular complexity index is 1880. The molecule has 0 aromatic carbocycles. The second kappa shape index (κ2) is 29.4. The number of amides is 1. The van der Waals surface area contributed by atoms with Gasteiger partial charge in [-0.1, -0.05) is 75.6 Å². The molecular formula is C54H87NO14P+. The van der Waals surface area contributed by atoms with Gasteiger partial charge in [-0.2, -0.15) is 0 Å². The molecule has 0 spiro atoms. The number of cyclic esters (lactones) is 1. The summed E-state index contributed by atoms with van der Waals surface area (Å²) in [6.07, 6.45) is 12.0. The second-order valence-electron chi connectivity index (χ2n) is 20.5. The van der Waals surface area contributed by atoms with Gasteiger partial charge in [0.1, 0.15) is 43.0 Å². The van der Waals surface area contributed by atoms with E-state index in [1.165, 1.54) is 12.0 Å². The van der Waals surface area contributed by atoms with Crippen molar-refractivity contribution in [2.45, 2.75) is 187 Å². The highest BCUT2D eigenvalue weighted by Gasteiger charge is 2.53. The minimum atomic E-state index is -2.43. The lowest BCUT2D eigenvalue weighted by atomic mass is 9.78. The molecule has 1 aliphatic carbocycles. The summed E-state index contributed by atoms with van der Waals surface area (Å²) in [6.45, 7) is 16.4. The van der Waals surface area contributed by atoms with Gasteiger partial charge in [0.15, 0.2) is 5.78 Å². The number of carbonyl (C=O) groups is 5. The number of aliphatic hydroxyl groups is 3. The molecule has 3 heterocycles. The molecule has 2 saturated heterocycles. The first-order chi connectivity index (χ1) is 33.0. The van der Waals surface area contributed by atoms with Crippen molar-refractivity contribution in [1.29, 1.82) is 0 Å². The molecule has 16 atom stereocenters. The average molecular weight is 1010 g/mol. The van der Waals surface area contributed by atoms with Crippen molar-refractivity contribution >= 4 is 37.0 Å². The molecule has 1 amide bonds. The lowest BCUT2D eigenvalue weighted by Gasteiger charge is -2.42. The molecule has 1 saturated carbocycles. The molecule has 3 unspecified atom stereocenters. The number of esters is 1. The zero-order valence-corrected chi connectivity index (χ0v) is 45.1. The quantitative estimate of drug-likeness (QED) is 0.0968. The van der Waals surface area contributed by atoms with Crippen LogP contribution in [-0.2, 0) is 52.2 Å². The molecule has 16 heteroatoms. The van der Waals surface area contributed by atoms with Crippen LogP contribution in [0.4, 0.5) is 0 Å². The number of ketones is 3. The smallest absolute Gasteiger partial charge is 0.335 e. The lowest BCUT2D eigenvalue weighted by molar-refractivity contribution is -0.265. The Balaban J connectivity index is 0.00000246. The maximum absolute atomic E-state index is 14.4. The molecule has 0 aromatic heterocycles. The van der Waals surface area contributed by atoms with Crippen LogP contribution in [-0.4, -0.2) is 145 Å². The van der Waals surface area contributed by atoms with E-state index in [0.29, 0.717) is 63.4 Å². The highest BCUT2D eigenvalue weighted by Crippen LogP contribution is 2.38. The number of hydrogen-bond donors (Lipinski definition) is 3. The maximum atomic E-state index is 14.4. The van der Waals surface area contributed by atoms with Crippen LogP contribution in [0.25, 0.3) is 0 Å². The maximum Gasteiger partial charge on any atom is 0.335 e. The van der Waals surface area contributed by atoms with E-state index in [2.05, 4.69) is 0 Å². The molecule has 15 nitrogen and oxygen atoms in total. The summed E-state index contributed by atoms with van der Waals surface area (Å²) in [5.41, 5.74) is 1.27. The molecule has 3 N–H and O–H groups in total. The third-order valence-corrected chi connectivity index (χ3v) is 15.8. The monoisotopic (exact) mass is 1000 g/mol. The van der Waals surface area contributed by atoms with E-state index >= 15 is 0 Å². The van der Waals surface area contributed by atoms with Crippen molar-refractivity contribution in [3.63, 3.8) is 0 Å². The van der Waals surface area contributed by atoms with Gasteiger partial charge in [-0.15, -0.1) is 0 Å². The highest BCUT2D eigenvalue weighted by atomic mass is 31.1. The predicted molar refractivity (Wildman–Crippen MR) is 269 cm³/mol. The fourth-order valence-electron chi connectivity index (χ4n) is 10.1. The fourth-order valence-corrected chi connectivity index (χ4v) is 10.1. The van der Waals surface area contributed by atoms with E-state index < -0.39 is 91.7 Å². The Morgan fingerprint density at radius 2 is 1.56 bits per heavy atom. The summed E-state index contributed by atoms with van der Waals surface area (Å²) in [6, 6.07) is -1.14. The molecule has 0 aromatic rings. The van der Waals surface area contributed by atoms with Gasteiger partial charge in [0, 0.05) is 58.5 Å². The lowest BCUT2D eigenvalue weighted by Crippen LogP contribution is -2.61. The van der Waals surface area contributed by atoms with Gasteiger partial charge in [-0.05, 0) is 114 Å². The van der Waals surface area contributed by atoms with Gasteiger partial charge >= 0.3 is 13.8 Å². The van der Waals surface area contributed by atoms with Crippen molar-refractivity contribution in [3.05, 3.63) is 47.6 Å². The van der Waals surface area contributed by atoms with Crippen LogP contribution >= 0.6 is 7.80 Å². The number of ether oxygens (including phenoxy) is 5. The number of Topliss-reactive ketones (excluding diaryl/α,β-unsaturated/α-hetero) is 3. The number of carbonyl (C=O) groups excluding carboxylic acids is 5. The summed E-state index contributed by atoms with van der Waals surface area (Å²) in [7, 11) is 3.67. The summed E-state index contributed by atoms with van der Waals surface area (Å²) >= 11 is 0. The first kappa shape index (κ1) is 61.0. The number of rotatable bonds is 7. The molecule has 0 radical (unpaired) electrons. The highest BCUT2D eigenvalue weighted by molar-refractivity contribution is 7.43. The Morgan fingerprint density at radius 1 is 0.871 bits per heavy atom. The second-order valence-corrected chi connectivity index (χ2v) is 22.4. The van der Waals surface area contributed by atoms with E-state index in [4.69, 9.17) is 23.7 Å². The number of hydrogen-bond acceptors (Lipinski definition) is 14. The van der Waals surface area contributed by atoms with E-state index in [0.717, 1.165) is 18.2 Å². The van der Waals surface area contributed by atoms with Gasteiger partial charge in [0.25, 0.3) is 11.7 Å². The summed E-state index contributed by atoms with van der Waals surface area (Å²) in [4.78, 5) is 71.8. The van der Waals surface area contributed by atoms with Crippen molar-refractivity contribution in [3.8, 4) is 0 Å². The molecule has 4 aliphatic rings. The normalized spacial score (nSPS) is 38.3. The van der Waals surface area contributed by atoms with E-state index in [1.54, 1.807) is 47.7 Å². The van der Waals surface area contributed by atoms with Gasteiger partial charge in [0.2, 0.25) is 5.79 Å². The van der Waals surface area contributed by atoms with Gasteiger partial charge < -0.3 is 43.9 Å². The molecule has 3 aliphatic heterocycles. The third kappa shape index (κ3) is 17.5. The largest absolute Gasteiger partial charge is 0.460 e. The van der Waals surface area contributed by atoms with E-state index in [1.807, 2.05) is 65.0 Å². The number of piperidine rings is 1. The summed E-state index contributed by atoms with van der Waals surface area (Å²) < 4.78 is 39.3. The number of fused-ring (bicyclic) bond motifs is 3. The van der Waals surface area contributed by atoms with Crippen molar-refractivity contribution in [1.82, 2.24) is 4.90 Å². The number of methoxy groups -OCH3 is 3. The van der Waals surface area contributed by atoms with Gasteiger partial charge in [0.05, 0.1) is 24.4 Å². The Hall–Kier alpha value is -3.27. The zero-order chi connectivity index (χ0) is 52.5. The zero-order valence-electron chi connectivity index (χ0n) is 44.2. The standard InChI is InChI=1S/C51H79NO13.C3H8OP/c1-30-16-12-11-13-17-31(2)42(61-8)28-38-21-19-36(7)51(60,65-38)48(57)49(58)52-23-15-14-18-39(52)50(59)64-43(33(4)26-37-20-22-40(53)44(27-37)62-9)29-41(54)32(3)25-35(6)46(56)47(63-10)45(55)34(5)24-30;1-3-5(2)4/h11-13,16-17,25,30,32-34,36-40,42-44,46-47,53,56,60H,14-15,18-24,26-29H2,1-10H3;3H2,1-2H3/q;+1/b13-11+,16-12+,31-17+,35-25+;/t30-,32-,33-,34-,36-,37+,38+,39+,40?,42+,43?,44-,46-,47+,51-;/m1./s1. The van der Waals surface area contributed by atoms with Crippen molar-refractivity contribution in [2.24, 2.45) is 35.5 Å². The first-order valence-electron chi connectivity index (χ1n) is 25.6. The van der Waals surface area contributed by atoms with Crippen LogP contribution in [0.1, 0.15) is 132 Å². The van der Waals surface area contributed by atoms with Crippen molar-refractivity contribution in [2.75, 3.05) is 40.7 Å². The molecule has 2 bridgehead atoms. The SMILES string of the molecule is CC[P+](C)=O.CO[C@H]1C[C@@H]2CC[C@@H](C)[C@@](O)(O2)C(=O)C(=O)N2CCCC[C@H]2C(=O)OC([C@H](C)C[C@@H]2CCC(O)[C@H](OC)C2)CC(=O)[C@H](C)/C=C(\C)[C@@H](O)[C@@H](OC)C(=O)[C@H](C)C[C@H](C)/C=C/C=C/C=C/1C. The molecule has 396 valence electrons. The Kier molecular flexibility index (Phi) is 25.7. The predicted octanol–water partition coefficient (Wildman–Crippen LogP) is 7.64. The van der Waals surface area contributed by atoms with Crippen LogP contribution in [0.15, 0.2) is 47.6 Å². The average Bonchev–Trinajstić information content (AvgIpc) is 3.33. The minimum Gasteiger partial charge on any atom is -0.460 e. The van der Waals surface area contributed by atoms with Crippen LogP contribution in [0.3, 0.4) is 0 Å². The molecule has 70 heavy (non-hydrogen) atoms. The molecule has 3 fully saturated rings. The first-order valence-corrected chi connectivity index (χ1v) is 27.5. The van der Waals surface area contributed by atoms with Gasteiger partial charge in [-0.25, -0.2) is 4.79 Å². The topological polar surface area (TPSA) is 212 Å². The molecule has 4 rings (SSSR count). The van der Waals surface area contributed by atoms with E-state index in [-0.39, 0.29) is 54.8 Å². The van der Waals surface area contributed by atoms with E-state index in [9.17, 15) is 43.9 Å². The molecular weight excluding hydrogens is 918 g/mol. The Labute approximate surface area is 419 Å². The van der Waals surface area contributed by atoms with Gasteiger partial charge in [-0.3, -0.25) is 19.2 Å². The number of aliphatic hydroxyl groups excluding tert-OH is 2. The van der Waals surface area contributed by atoms with Crippen LogP contribution < -0.4 is 0 Å². The summed E-state index contributed by atoms with van der Waals surface area (Å²) in [5, 5.41) is 33.8. The fraction of sp³-hybridized carbons (Fsp3) is 0.759. The van der Waals surface area contributed by atoms with Crippen LogP contribution in [0.2, 0.25) is 0 Å². The summed E-state index contributed by atoms with van der Waals surface area (Å²) in [5.74, 6) is -7.96.